The molecular formula is C15H16N4O2S. The second-order valence-corrected chi connectivity index (χ2v) is 5.89. The summed E-state index contributed by atoms with van der Waals surface area (Å²) in [6.07, 6.45) is 2.13. The van der Waals surface area contributed by atoms with Crippen LogP contribution in [0.2, 0.25) is 0 Å². The monoisotopic (exact) mass is 316 g/mol. The van der Waals surface area contributed by atoms with Crippen LogP contribution in [0, 0.1) is 11.3 Å². The molecule has 3 rings (SSSR count). The molecule has 22 heavy (non-hydrogen) atoms. The summed E-state index contributed by atoms with van der Waals surface area (Å²) in [6, 6.07) is 6.00. The van der Waals surface area contributed by atoms with E-state index in [0.717, 1.165) is 4.88 Å². The zero-order chi connectivity index (χ0) is 15.4. The van der Waals surface area contributed by atoms with Gasteiger partial charge in [-0.1, -0.05) is 6.07 Å². The van der Waals surface area contributed by atoms with E-state index in [-0.39, 0.29) is 5.91 Å². The van der Waals surface area contributed by atoms with Crippen molar-refractivity contribution in [2.75, 3.05) is 26.3 Å². The molecule has 0 atom stereocenters. The highest BCUT2D eigenvalue weighted by Gasteiger charge is 2.24. The van der Waals surface area contributed by atoms with E-state index < -0.39 is 0 Å². The minimum absolute atomic E-state index is 0.0186. The maximum Gasteiger partial charge on any atom is 0.257 e. The zero-order valence-electron chi connectivity index (χ0n) is 12.1. The van der Waals surface area contributed by atoms with Crippen LogP contribution in [0.5, 0.6) is 0 Å². The highest BCUT2D eigenvalue weighted by Crippen LogP contribution is 2.27. The third-order valence-electron chi connectivity index (χ3n) is 3.50. The summed E-state index contributed by atoms with van der Waals surface area (Å²) in [5, 5.41) is 15.2. The molecule has 0 spiro atoms. The number of aromatic nitrogens is 2. The molecule has 0 N–H and O–H groups in total. The molecule has 3 heterocycles. The lowest BCUT2D eigenvalue weighted by atomic mass is 10.2. The summed E-state index contributed by atoms with van der Waals surface area (Å²) in [5.74, 6) is -0.0186. The first-order chi connectivity index (χ1) is 10.8. The SMILES string of the molecule is N#CCCn1cc(C(=O)N2CCOCC2)c(-c2cccs2)n1. The fourth-order valence-electron chi connectivity index (χ4n) is 2.39. The lowest BCUT2D eigenvalue weighted by Crippen LogP contribution is -2.40. The van der Waals surface area contributed by atoms with Crippen molar-refractivity contribution in [3.8, 4) is 16.6 Å². The van der Waals surface area contributed by atoms with Crippen LogP contribution in [0.25, 0.3) is 10.6 Å². The van der Waals surface area contributed by atoms with Crippen LogP contribution >= 0.6 is 11.3 Å². The van der Waals surface area contributed by atoms with Crippen LogP contribution in [-0.4, -0.2) is 46.9 Å². The van der Waals surface area contributed by atoms with Crippen LogP contribution in [0.1, 0.15) is 16.8 Å². The van der Waals surface area contributed by atoms with Crippen molar-refractivity contribution in [1.29, 1.82) is 5.26 Å². The Balaban J connectivity index is 1.92. The van der Waals surface area contributed by atoms with Crippen molar-refractivity contribution >= 4 is 17.2 Å². The maximum atomic E-state index is 12.8. The Morgan fingerprint density at radius 1 is 1.45 bits per heavy atom. The lowest BCUT2D eigenvalue weighted by molar-refractivity contribution is 0.0303. The summed E-state index contributed by atoms with van der Waals surface area (Å²) in [7, 11) is 0. The first kappa shape index (κ1) is 14.8. The van der Waals surface area contributed by atoms with E-state index in [2.05, 4.69) is 11.2 Å². The normalized spacial score (nSPS) is 14.8. The molecule has 114 valence electrons. The van der Waals surface area contributed by atoms with Crippen molar-refractivity contribution in [2.45, 2.75) is 13.0 Å². The fourth-order valence-corrected chi connectivity index (χ4v) is 3.11. The summed E-state index contributed by atoms with van der Waals surface area (Å²) in [4.78, 5) is 15.5. The van der Waals surface area contributed by atoms with E-state index in [1.807, 2.05) is 17.5 Å². The number of carbonyl (C=O) groups is 1. The Hall–Kier alpha value is -2.17. The lowest BCUT2D eigenvalue weighted by Gasteiger charge is -2.26. The van der Waals surface area contributed by atoms with E-state index in [4.69, 9.17) is 10.00 Å². The van der Waals surface area contributed by atoms with Gasteiger partial charge in [-0.3, -0.25) is 9.48 Å². The van der Waals surface area contributed by atoms with Gasteiger partial charge in [0.2, 0.25) is 0 Å². The molecule has 0 aliphatic carbocycles. The van der Waals surface area contributed by atoms with Crippen molar-refractivity contribution < 1.29 is 9.53 Å². The molecule has 0 unspecified atom stereocenters. The van der Waals surface area contributed by atoms with Gasteiger partial charge in [0, 0.05) is 19.3 Å². The first-order valence-electron chi connectivity index (χ1n) is 7.15. The van der Waals surface area contributed by atoms with Crippen LogP contribution in [0.3, 0.4) is 0 Å². The van der Waals surface area contributed by atoms with Crippen molar-refractivity contribution in [2.24, 2.45) is 0 Å². The quantitative estimate of drug-likeness (QED) is 0.865. The predicted molar refractivity (Wildman–Crippen MR) is 82.5 cm³/mol. The van der Waals surface area contributed by atoms with E-state index in [0.29, 0.717) is 50.5 Å². The van der Waals surface area contributed by atoms with Crippen molar-refractivity contribution in [1.82, 2.24) is 14.7 Å². The number of thiophene rings is 1. The van der Waals surface area contributed by atoms with Gasteiger partial charge in [-0.15, -0.1) is 11.3 Å². The molecule has 6 nitrogen and oxygen atoms in total. The van der Waals surface area contributed by atoms with Crippen LogP contribution < -0.4 is 0 Å². The van der Waals surface area contributed by atoms with Crippen molar-refractivity contribution in [3.05, 3.63) is 29.3 Å². The zero-order valence-corrected chi connectivity index (χ0v) is 12.9. The first-order valence-corrected chi connectivity index (χ1v) is 8.03. The summed E-state index contributed by atoms with van der Waals surface area (Å²) in [5.41, 5.74) is 1.30. The smallest absolute Gasteiger partial charge is 0.257 e. The third kappa shape index (κ3) is 3.03. The Morgan fingerprint density at radius 3 is 2.95 bits per heavy atom. The topological polar surface area (TPSA) is 71.2 Å². The number of morpholine rings is 1. The van der Waals surface area contributed by atoms with Gasteiger partial charge in [0.1, 0.15) is 5.69 Å². The standard InChI is InChI=1S/C15H16N4O2S/c16-4-2-5-19-11-12(14(17-19)13-3-1-10-22-13)15(20)18-6-8-21-9-7-18/h1,3,10-11H,2,5-9H2. The molecule has 0 aromatic carbocycles. The second-order valence-electron chi connectivity index (χ2n) is 4.94. The number of hydrogen-bond acceptors (Lipinski definition) is 5. The molecule has 1 fully saturated rings. The van der Waals surface area contributed by atoms with Gasteiger partial charge in [-0.25, -0.2) is 0 Å². The fraction of sp³-hybridized carbons (Fsp3) is 0.400. The van der Waals surface area contributed by atoms with Gasteiger partial charge in [0.05, 0.1) is 42.7 Å². The van der Waals surface area contributed by atoms with Gasteiger partial charge >= 0.3 is 0 Å². The molecule has 7 heteroatoms. The summed E-state index contributed by atoms with van der Waals surface area (Å²) >= 11 is 1.56. The van der Waals surface area contributed by atoms with Gasteiger partial charge in [-0.2, -0.15) is 10.4 Å². The molecule has 0 radical (unpaired) electrons. The molecule has 2 aromatic heterocycles. The average molecular weight is 316 g/mol. The predicted octanol–water partition coefficient (Wildman–Crippen LogP) is 2.00. The van der Waals surface area contributed by atoms with Gasteiger partial charge < -0.3 is 9.64 Å². The van der Waals surface area contributed by atoms with E-state index >= 15 is 0 Å². The Kier molecular flexibility index (Phi) is 4.51. The molecule has 1 amide bonds. The molecular weight excluding hydrogens is 300 g/mol. The molecule has 2 aromatic rings. The van der Waals surface area contributed by atoms with Crippen LogP contribution in [0.4, 0.5) is 0 Å². The number of rotatable bonds is 4. The number of ether oxygens (including phenoxy) is 1. The number of aryl methyl sites for hydroxylation is 1. The van der Waals surface area contributed by atoms with Crippen molar-refractivity contribution in [3.63, 3.8) is 0 Å². The van der Waals surface area contributed by atoms with Crippen LogP contribution in [-0.2, 0) is 11.3 Å². The molecule has 0 bridgehead atoms. The maximum absolute atomic E-state index is 12.8. The van der Waals surface area contributed by atoms with Gasteiger partial charge in [0.15, 0.2) is 0 Å². The Bertz CT molecular complexity index is 681. The van der Waals surface area contributed by atoms with E-state index in [9.17, 15) is 4.79 Å². The number of nitriles is 1. The third-order valence-corrected chi connectivity index (χ3v) is 4.37. The summed E-state index contributed by atoms with van der Waals surface area (Å²) < 4.78 is 6.98. The highest BCUT2D eigenvalue weighted by molar-refractivity contribution is 7.13. The highest BCUT2D eigenvalue weighted by atomic mass is 32.1. The summed E-state index contributed by atoms with van der Waals surface area (Å²) in [6.45, 7) is 2.84. The van der Waals surface area contributed by atoms with Crippen LogP contribution in [0.15, 0.2) is 23.7 Å². The molecule has 0 saturated carbocycles. The van der Waals surface area contributed by atoms with Gasteiger partial charge in [0.25, 0.3) is 5.91 Å². The van der Waals surface area contributed by atoms with E-state index in [1.54, 1.807) is 27.1 Å². The Labute approximate surface area is 132 Å². The Morgan fingerprint density at radius 2 is 2.27 bits per heavy atom. The molecule has 1 aliphatic rings. The minimum atomic E-state index is -0.0186. The molecule has 1 aliphatic heterocycles. The van der Waals surface area contributed by atoms with E-state index in [1.165, 1.54) is 0 Å². The number of amides is 1. The average Bonchev–Trinajstić information content (AvgIpc) is 3.22. The minimum Gasteiger partial charge on any atom is -0.378 e. The second kappa shape index (κ2) is 6.73. The largest absolute Gasteiger partial charge is 0.378 e. The van der Waals surface area contributed by atoms with Gasteiger partial charge in [-0.05, 0) is 11.4 Å². The number of carbonyl (C=O) groups excluding carboxylic acids is 1. The number of nitrogens with zero attached hydrogens (tertiary/aromatic N) is 4. The number of hydrogen-bond donors (Lipinski definition) is 0. The molecule has 1 saturated heterocycles.